The molecule has 0 aliphatic carbocycles. The topological polar surface area (TPSA) is 67.6 Å². The van der Waals surface area contributed by atoms with Gasteiger partial charge in [-0.05, 0) is 43.4 Å². The molecule has 1 N–H and O–H groups in total. The summed E-state index contributed by atoms with van der Waals surface area (Å²) in [5, 5.41) is 15.4. The summed E-state index contributed by atoms with van der Waals surface area (Å²) in [5.74, 6) is 0.617. The van der Waals surface area contributed by atoms with Crippen molar-refractivity contribution in [2.24, 2.45) is 0 Å². The molecule has 4 rings (SSSR count). The Balaban J connectivity index is 1.79. The molecule has 2 heterocycles. The number of halogens is 1. The first-order valence-electron chi connectivity index (χ1n) is 7.71. The van der Waals surface area contributed by atoms with Crippen LogP contribution in [0.5, 0.6) is 5.75 Å². The summed E-state index contributed by atoms with van der Waals surface area (Å²) in [7, 11) is 0. The number of nitrogens with one attached hydrogen (secondary N) is 1. The first-order chi connectivity index (χ1) is 11.9. The molecule has 2 aromatic rings. The van der Waals surface area contributed by atoms with Crippen molar-refractivity contribution < 1.29 is 9.66 Å². The van der Waals surface area contributed by atoms with Gasteiger partial charge in [-0.2, -0.15) is 0 Å². The molecule has 25 heavy (non-hydrogen) atoms. The van der Waals surface area contributed by atoms with E-state index in [2.05, 4.69) is 5.32 Å². The lowest BCUT2D eigenvalue weighted by Gasteiger charge is -2.52. The maximum atomic E-state index is 11.1. The van der Waals surface area contributed by atoms with Crippen molar-refractivity contribution in [2.75, 3.05) is 4.90 Å². The van der Waals surface area contributed by atoms with Crippen molar-refractivity contribution in [3.05, 3.63) is 63.2 Å². The number of hydrogen-bond acceptors (Lipinski definition) is 4. The number of ether oxygens (including phenoxy) is 1. The zero-order valence-electron chi connectivity index (χ0n) is 13.2. The zero-order valence-corrected chi connectivity index (χ0v) is 14.8. The molecule has 0 aromatic heterocycles. The van der Waals surface area contributed by atoms with E-state index in [1.54, 1.807) is 18.2 Å². The molecule has 2 bridgehead atoms. The maximum Gasteiger partial charge on any atom is 0.270 e. The van der Waals surface area contributed by atoms with Crippen molar-refractivity contribution in [1.82, 2.24) is 5.32 Å². The summed E-state index contributed by atoms with van der Waals surface area (Å²) in [6.07, 6.45) is 0.591. The summed E-state index contributed by atoms with van der Waals surface area (Å²) in [6, 6.07) is 11.9. The third kappa shape index (κ3) is 2.60. The number of hydrogen-bond donors (Lipinski definition) is 1. The lowest BCUT2D eigenvalue weighted by Crippen LogP contribution is -2.65. The SMILES string of the molecule is CC12CC(NC(=S)N1c1cccc(Cl)c1)c1cc([N+](=O)[O-])ccc1O2. The van der Waals surface area contributed by atoms with Gasteiger partial charge in [-0.15, -0.1) is 0 Å². The van der Waals surface area contributed by atoms with Gasteiger partial charge in [0.25, 0.3) is 5.69 Å². The number of nitro benzene ring substituents is 1. The summed E-state index contributed by atoms with van der Waals surface area (Å²) in [4.78, 5) is 12.5. The first-order valence-corrected chi connectivity index (χ1v) is 8.50. The number of thiocarbonyl (C=S) groups is 1. The fourth-order valence-electron chi connectivity index (χ4n) is 3.48. The molecule has 6 nitrogen and oxygen atoms in total. The maximum absolute atomic E-state index is 11.1. The highest BCUT2D eigenvalue weighted by molar-refractivity contribution is 7.80. The fourth-order valence-corrected chi connectivity index (χ4v) is 4.11. The number of fused-ring (bicyclic) bond motifs is 4. The van der Waals surface area contributed by atoms with Crippen molar-refractivity contribution in [2.45, 2.75) is 25.1 Å². The molecule has 2 aromatic carbocycles. The van der Waals surface area contributed by atoms with Crippen LogP contribution in [0.2, 0.25) is 5.02 Å². The molecule has 1 saturated heterocycles. The Morgan fingerprint density at radius 2 is 2.20 bits per heavy atom. The minimum atomic E-state index is -0.708. The van der Waals surface area contributed by atoms with Crippen LogP contribution in [-0.2, 0) is 0 Å². The molecule has 2 aliphatic rings. The second-order valence-electron chi connectivity index (χ2n) is 6.28. The second-order valence-corrected chi connectivity index (χ2v) is 7.10. The van der Waals surface area contributed by atoms with E-state index in [9.17, 15) is 10.1 Å². The number of rotatable bonds is 2. The highest BCUT2D eigenvalue weighted by Crippen LogP contribution is 2.46. The average Bonchev–Trinajstić information content (AvgIpc) is 2.53. The van der Waals surface area contributed by atoms with Gasteiger partial charge in [-0.1, -0.05) is 17.7 Å². The number of benzene rings is 2. The highest BCUT2D eigenvalue weighted by atomic mass is 35.5. The van der Waals surface area contributed by atoms with Crippen molar-refractivity contribution in [1.29, 1.82) is 0 Å². The molecular weight excluding hydrogens is 362 g/mol. The molecule has 1 fully saturated rings. The van der Waals surface area contributed by atoms with Gasteiger partial charge in [0, 0.05) is 34.8 Å². The molecule has 2 atom stereocenters. The molecule has 128 valence electrons. The van der Waals surface area contributed by atoms with Gasteiger partial charge >= 0.3 is 0 Å². The predicted octanol–water partition coefficient (Wildman–Crippen LogP) is 4.18. The normalized spacial score (nSPS) is 24.2. The quantitative estimate of drug-likeness (QED) is 0.482. The van der Waals surface area contributed by atoms with Crippen LogP contribution in [0.1, 0.15) is 24.9 Å². The summed E-state index contributed by atoms with van der Waals surface area (Å²) < 4.78 is 6.24. The molecule has 0 spiro atoms. The van der Waals surface area contributed by atoms with Gasteiger partial charge in [0.05, 0.1) is 11.0 Å². The first kappa shape index (κ1) is 16.1. The van der Waals surface area contributed by atoms with Crippen molar-refractivity contribution >= 4 is 40.3 Å². The summed E-state index contributed by atoms with van der Waals surface area (Å²) in [5.41, 5.74) is 0.910. The molecule has 8 heteroatoms. The Bertz CT molecular complexity index is 906. The Kier molecular flexibility index (Phi) is 3.59. The number of non-ortho nitro benzene ring substituents is 1. The number of nitro groups is 1. The van der Waals surface area contributed by atoms with E-state index in [1.165, 1.54) is 6.07 Å². The van der Waals surface area contributed by atoms with Gasteiger partial charge in [0.2, 0.25) is 0 Å². The minimum Gasteiger partial charge on any atom is -0.467 e. The van der Waals surface area contributed by atoms with E-state index in [1.807, 2.05) is 30.0 Å². The van der Waals surface area contributed by atoms with Gasteiger partial charge < -0.3 is 10.1 Å². The van der Waals surface area contributed by atoms with E-state index < -0.39 is 10.6 Å². The lowest BCUT2D eigenvalue weighted by molar-refractivity contribution is -0.385. The molecule has 0 radical (unpaired) electrons. The largest absolute Gasteiger partial charge is 0.467 e. The Labute approximate surface area is 154 Å². The van der Waals surface area contributed by atoms with Gasteiger partial charge in [-0.25, -0.2) is 0 Å². The Hall–Kier alpha value is -2.38. The molecular formula is C17H14ClN3O3S. The van der Waals surface area contributed by atoms with Crippen LogP contribution in [-0.4, -0.2) is 15.8 Å². The number of anilines is 1. The lowest BCUT2D eigenvalue weighted by atomic mass is 9.90. The molecule has 0 amide bonds. The Morgan fingerprint density at radius 3 is 2.92 bits per heavy atom. The van der Waals surface area contributed by atoms with Crippen LogP contribution >= 0.6 is 23.8 Å². The van der Waals surface area contributed by atoms with Crippen molar-refractivity contribution in [3.63, 3.8) is 0 Å². The van der Waals surface area contributed by atoms with Crippen LogP contribution in [0.15, 0.2) is 42.5 Å². The van der Waals surface area contributed by atoms with E-state index in [0.29, 0.717) is 22.3 Å². The van der Waals surface area contributed by atoms with Gasteiger partial charge in [0.1, 0.15) is 5.75 Å². The van der Waals surface area contributed by atoms with Crippen LogP contribution in [0.4, 0.5) is 11.4 Å². The number of nitrogens with zero attached hydrogens (tertiary/aromatic N) is 2. The van der Waals surface area contributed by atoms with E-state index >= 15 is 0 Å². The van der Waals surface area contributed by atoms with Crippen LogP contribution in [0, 0.1) is 10.1 Å². The zero-order chi connectivity index (χ0) is 17.8. The molecule has 0 saturated carbocycles. The summed E-state index contributed by atoms with van der Waals surface area (Å²) >= 11 is 11.7. The van der Waals surface area contributed by atoms with Crippen LogP contribution in [0.25, 0.3) is 0 Å². The molecule has 2 aliphatic heterocycles. The fraction of sp³-hybridized carbons (Fsp3) is 0.235. The van der Waals surface area contributed by atoms with Crippen LogP contribution in [0.3, 0.4) is 0 Å². The predicted molar refractivity (Wildman–Crippen MR) is 99.2 cm³/mol. The van der Waals surface area contributed by atoms with Crippen molar-refractivity contribution in [3.8, 4) is 5.75 Å². The van der Waals surface area contributed by atoms with Crippen LogP contribution < -0.4 is 15.0 Å². The van der Waals surface area contributed by atoms with Gasteiger partial charge in [0.15, 0.2) is 10.8 Å². The van der Waals surface area contributed by atoms with Gasteiger partial charge in [-0.3, -0.25) is 15.0 Å². The molecule has 2 unspecified atom stereocenters. The smallest absolute Gasteiger partial charge is 0.270 e. The van der Waals surface area contributed by atoms with E-state index in [4.69, 9.17) is 28.6 Å². The Morgan fingerprint density at radius 1 is 1.40 bits per heavy atom. The standard InChI is InChI=1S/C17H14ClN3O3S/c1-17-9-14(13-8-12(21(22)23)5-6-15(13)24-17)19-16(25)20(17)11-4-2-3-10(18)7-11/h2-8,14H,9H2,1H3,(H,19,25). The average molecular weight is 376 g/mol. The third-order valence-corrected chi connectivity index (χ3v) is 5.07. The van der Waals surface area contributed by atoms with E-state index in [-0.39, 0.29) is 11.7 Å². The minimum absolute atomic E-state index is 0.0379. The summed E-state index contributed by atoms with van der Waals surface area (Å²) in [6.45, 7) is 1.96. The third-order valence-electron chi connectivity index (χ3n) is 4.53. The highest BCUT2D eigenvalue weighted by Gasteiger charge is 2.48. The second kappa shape index (κ2) is 5.57. The van der Waals surface area contributed by atoms with E-state index in [0.717, 1.165) is 11.3 Å². The monoisotopic (exact) mass is 375 g/mol.